The topological polar surface area (TPSA) is 61.7 Å². The van der Waals surface area contributed by atoms with Gasteiger partial charge in [0.05, 0.1) is 6.61 Å². The molecule has 0 fully saturated rings. The Morgan fingerprint density at radius 1 is 1.00 bits per heavy atom. The Hall–Kier alpha value is -2.02. The van der Waals surface area contributed by atoms with Gasteiger partial charge in [0.15, 0.2) is 0 Å². The van der Waals surface area contributed by atoms with Crippen molar-refractivity contribution in [3.63, 3.8) is 0 Å². The number of benzene rings is 1. The van der Waals surface area contributed by atoms with E-state index >= 15 is 0 Å². The lowest BCUT2D eigenvalue weighted by atomic mass is 10.0. The van der Waals surface area contributed by atoms with Crippen molar-refractivity contribution < 1.29 is 9.94 Å². The second-order valence-electron chi connectivity index (χ2n) is 8.46. The number of fused-ring (bicyclic) bond motifs is 1. The maximum Gasteiger partial charge on any atom is 0.125 e. The van der Waals surface area contributed by atoms with Crippen LogP contribution in [0.15, 0.2) is 30.6 Å². The van der Waals surface area contributed by atoms with Gasteiger partial charge in [-0.25, -0.2) is 9.97 Å². The molecule has 0 radical (unpaired) electrons. The van der Waals surface area contributed by atoms with Crippen LogP contribution >= 0.6 is 0 Å². The normalized spacial score (nSPS) is 13.4. The molecule has 0 spiro atoms. The maximum atomic E-state index is 9.55. The molecular weight excluding hydrogens is 400 g/mol. The van der Waals surface area contributed by atoms with Crippen molar-refractivity contribution in [3.8, 4) is 5.75 Å². The van der Waals surface area contributed by atoms with E-state index in [1.807, 2.05) is 25.4 Å². The van der Waals surface area contributed by atoms with Gasteiger partial charge in [0.25, 0.3) is 0 Å². The van der Waals surface area contributed by atoms with Gasteiger partial charge in [0.1, 0.15) is 11.6 Å². The Morgan fingerprint density at radius 2 is 1.75 bits per heavy atom. The largest absolute Gasteiger partial charge is 0.494 e. The molecule has 0 atom stereocenters. The highest BCUT2D eigenvalue weighted by Crippen LogP contribution is 2.23. The highest BCUT2D eigenvalue weighted by Gasteiger charge is 2.14. The van der Waals surface area contributed by atoms with Crippen LogP contribution in [-0.4, -0.2) is 57.9 Å². The second kappa shape index (κ2) is 14.9. The summed E-state index contributed by atoms with van der Waals surface area (Å²) in [6.45, 7) is 14.1. The molecule has 1 aliphatic heterocycles. The van der Waals surface area contributed by atoms with Crippen LogP contribution in [0.25, 0.3) is 0 Å². The number of hydroxylamine groups is 2. The number of unbranched alkanes of at least 4 members (excludes halogenated alkanes) is 1. The average Bonchev–Trinajstić information content (AvgIpc) is 2.81. The van der Waals surface area contributed by atoms with Crippen LogP contribution < -0.4 is 4.74 Å². The van der Waals surface area contributed by atoms with Crippen molar-refractivity contribution >= 4 is 0 Å². The summed E-state index contributed by atoms with van der Waals surface area (Å²) in [6.07, 6.45) is 10.5. The molecular formula is C26H42N4O2. The third kappa shape index (κ3) is 9.63. The minimum Gasteiger partial charge on any atom is -0.494 e. The molecule has 1 aliphatic rings. The fourth-order valence-electron chi connectivity index (χ4n) is 3.72. The smallest absolute Gasteiger partial charge is 0.125 e. The zero-order valence-electron chi connectivity index (χ0n) is 20.5. The maximum absolute atomic E-state index is 9.55. The van der Waals surface area contributed by atoms with Gasteiger partial charge in [-0.2, -0.15) is 5.06 Å². The lowest BCUT2D eigenvalue weighted by molar-refractivity contribution is -0.103. The van der Waals surface area contributed by atoms with Crippen LogP contribution in [-0.2, 0) is 19.4 Å². The van der Waals surface area contributed by atoms with Crippen molar-refractivity contribution in [3.05, 3.63) is 53.1 Å². The number of aromatic nitrogens is 2. The third-order valence-electron chi connectivity index (χ3n) is 5.67. The molecule has 0 amide bonds. The summed E-state index contributed by atoms with van der Waals surface area (Å²) < 4.78 is 5.93. The summed E-state index contributed by atoms with van der Waals surface area (Å²) in [6, 6.07) is 6.25. The van der Waals surface area contributed by atoms with Crippen molar-refractivity contribution in [2.24, 2.45) is 0 Å². The standard InChI is InChI=1S/C19H32N2O2.C7H10N2/c1-3-5-11-20(10-4-2)12-6-14-23-19-8-7-18-16-21(22)13-9-17(18)15-19;1-3-7-4-8-6(2)9-5-7/h7-8,15,22H,3-6,9-14,16H2,1-2H3;4-5H,3H2,1-2H3. The summed E-state index contributed by atoms with van der Waals surface area (Å²) >= 11 is 0. The van der Waals surface area contributed by atoms with E-state index in [1.54, 1.807) is 0 Å². The number of aryl methyl sites for hydroxylation is 2. The summed E-state index contributed by atoms with van der Waals surface area (Å²) in [7, 11) is 0. The fourth-order valence-corrected chi connectivity index (χ4v) is 3.72. The van der Waals surface area contributed by atoms with E-state index in [9.17, 15) is 5.21 Å². The highest BCUT2D eigenvalue weighted by molar-refractivity contribution is 5.36. The molecule has 178 valence electrons. The minimum atomic E-state index is 0.624. The van der Waals surface area contributed by atoms with Crippen molar-refractivity contribution in [2.75, 3.05) is 32.8 Å². The molecule has 6 nitrogen and oxygen atoms in total. The van der Waals surface area contributed by atoms with Crippen molar-refractivity contribution in [1.82, 2.24) is 19.9 Å². The number of rotatable bonds is 11. The second-order valence-corrected chi connectivity index (χ2v) is 8.46. The van der Waals surface area contributed by atoms with Gasteiger partial charge in [-0.05, 0) is 80.9 Å². The molecule has 1 aromatic carbocycles. The fraction of sp³-hybridized carbons (Fsp3) is 0.615. The van der Waals surface area contributed by atoms with Gasteiger partial charge in [-0.3, -0.25) is 0 Å². The molecule has 6 heteroatoms. The van der Waals surface area contributed by atoms with E-state index in [0.29, 0.717) is 13.1 Å². The van der Waals surface area contributed by atoms with Crippen molar-refractivity contribution in [2.45, 2.75) is 72.8 Å². The SMILES string of the molecule is CCCCN(CCC)CCCOc1ccc2c(c1)CCN(O)C2.CCc1cnc(C)nc1. The Bertz CT molecular complexity index is 767. The number of hydrogen-bond acceptors (Lipinski definition) is 6. The third-order valence-corrected chi connectivity index (χ3v) is 5.67. The molecule has 0 saturated heterocycles. The van der Waals surface area contributed by atoms with Gasteiger partial charge >= 0.3 is 0 Å². The predicted octanol–water partition coefficient (Wildman–Crippen LogP) is 5.06. The molecule has 0 bridgehead atoms. The van der Waals surface area contributed by atoms with E-state index < -0.39 is 0 Å². The monoisotopic (exact) mass is 442 g/mol. The first-order valence-electron chi connectivity index (χ1n) is 12.2. The van der Waals surface area contributed by atoms with Gasteiger partial charge in [-0.15, -0.1) is 0 Å². The first-order chi connectivity index (χ1) is 15.5. The van der Waals surface area contributed by atoms with Crippen LogP contribution in [0.1, 0.15) is 69.0 Å². The summed E-state index contributed by atoms with van der Waals surface area (Å²) in [5.74, 6) is 1.80. The van der Waals surface area contributed by atoms with Gasteiger partial charge < -0.3 is 14.8 Å². The molecule has 0 unspecified atom stereocenters. The van der Waals surface area contributed by atoms with E-state index in [-0.39, 0.29) is 0 Å². The highest BCUT2D eigenvalue weighted by atomic mass is 16.5. The zero-order valence-corrected chi connectivity index (χ0v) is 20.5. The Labute approximate surface area is 194 Å². The van der Waals surface area contributed by atoms with Crippen LogP contribution in [0.4, 0.5) is 0 Å². The number of ether oxygens (including phenoxy) is 1. The summed E-state index contributed by atoms with van der Waals surface area (Å²) in [5.41, 5.74) is 3.71. The van der Waals surface area contributed by atoms with Crippen LogP contribution in [0.3, 0.4) is 0 Å². The van der Waals surface area contributed by atoms with Crippen LogP contribution in [0.5, 0.6) is 5.75 Å². The molecule has 32 heavy (non-hydrogen) atoms. The molecule has 0 aliphatic carbocycles. The van der Waals surface area contributed by atoms with Gasteiger partial charge in [0.2, 0.25) is 0 Å². The number of nitrogens with zero attached hydrogens (tertiary/aromatic N) is 4. The molecule has 3 rings (SSSR count). The van der Waals surface area contributed by atoms with Crippen LogP contribution in [0, 0.1) is 6.92 Å². The van der Waals surface area contributed by atoms with E-state index in [0.717, 1.165) is 44.0 Å². The number of hydrogen-bond donors (Lipinski definition) is 1. The average molecular weight is 443 g/mol. The lowest BCUT2D eigenvalue weighted by Crippen LogP contribution is -2.28. The van der Waals surface area contributed by atoms with E-state index in [4.69, 9.17) is 4.74 Å². The van der Waals surface area contributed by atoms with E-state index in [2.05, 4.69) is 47.8 Å². The lowest BCUT2D eigenvalue weighted by Gasteiger charge is -2.24. The van der Waals surface area contributed by atoms with Crippen LogP contribution in [0.2, 0.25) is 0 Å². The molecule has 2 heterocycles. The summed E-state index contributed by atoms with van der Waals surface area (Å²) in [5, 5.41) is 10.9. The first kappa shape index (κ1) is 26.2. The van der Waals surface area contributed by atoms with Gasteiger partial charge in [0, 0.05) is 32.0 Å². The first-order valence-corrected chi connectivity index (χ1v) is 12.2. The minimum absolute atomic E-state index is 0.624. The zero-order chi connectivity index (χ0) is 23.2. The Balaban J connectivity index is 0.000000336. The van der Waals surface area contributed by atoms with E-state index in [1.165, 1.54) is 54.1 Å². The molecule has 1 N–H and O–H groups in total. The van der Waals surface area contributed by atoms with Gasteiger partial charge in [-0.1, -0.05) is 33.3 Å². The summed E-state index contributed by atoms with van der Waals surface area (Å²) in [4.78, 5) is 10.6. The molecule has 0 saturated carbocycles. The predicted molar refractivity (Wildman–Crippen MR) is 130 cm³/mol. The Kier molecular flexibility index (Phi) is 12.2. The van der Waals surface area contributed by atoms with Crippen molar-refractivity contribution in [1.29, 1.82) is 0 Å². The molecule has 2 aromatic rings. The molecule has 1 aromatic heterocycles. The Morgan fingerprint density at radius 3 is 2.44 bits per heavy atom. The quantitative estimate of drug-likeness (QED) is 0.491.